The number of pyridine rings is 1. The van der Waals surface area contributed by atoms with Crippen LogP contribution in [-0.2, 0) is 6.54 Å². The first-order valence-corrected chi connectivity index (χ1v) is 13.6. The van der Waals surface area contributed by atoms with Crippen LogP contribution in [0.5, 0.6) is 0 Å². The molecule has 37 heavy (non-hydrogen) atoms. The van der Waals surface area contributed by atoms with Gasteiger partial charge in [-0.3, -0.25) is 4.98 Å². The standard InChI is InChI=1S/C34H33N2O/c1-2-23-21-36(22-31-27-11-5-3-9-25(27)19-26-10-4-6-12-28(26)31)18-16-24(23)20-33(36)34(37)30-15-17-35-32-14-8-7-13-29(30)32/h2-15,17,19,23-24,33-34,37H,1,16,18,20-22H2/q+1/t23-,24-,33+,34-,36?/m0/s1. The van der Waals surface area contributed by atoms with E-state index in [4.69, 9.17) is 0 Å². The van der Waals surface area contributed by atoms with Crippen molar-refractivity contribution >= 4 is 32.4 Å². The van der Waals surface area contributed by atoms with E-state index < -0.39 is 6.10 Å². The van der Waals surface area contributed by atoms with Crippen LogP contribution in [0.25, 0.3) is 32.4 Å². The molecule has 5 atom stereocenters. The average molecular weight is 486 g/mol. The minimum atomic E-state index is -0.539. The Bertz CT molecular complexity index is 1580. The van der Waals surface area contributed by atoms with Crippen LogP contribution in [0.15, 0.2) is 104 Å². The summed E-state index contributed by atoms with van der Waals surface area (Å²) in [7, 11) is 0. The minimum absolute atomic E-state index is 0.137. The van der Waals surface area contributed by atoms with Gasteiger partial charge in [-0.2, -0.15) is 0 Å². The molecule has 3 nitrogen and oxygen atoms in total. The summed E-state index contributed by atoms with van der Waals surface area (Å²) in [5.74, 6) is 1.09. The number of rotatable bonds is 5. The van der Waals surface area contributed by atoms with E-state index in [1.54, 1.807) is 0 Å². The summed E-state index contributed by atoms with van der Waals surface area (Å²) in [4.78, 5) is 4.57. The van der Waals surface area contributed by atoms with E-state index in [-0.39, 0.29) is 6.04 Å². The van der Waals surface area contributed by atoms with Crippen LogP contribution in [0.4, 0.5) is 0 Å². The van der Waals surface area contributed by atoms with Crippen molar-refractivity contribution in [1.82, 2.24) is 4.98 Å². The smallest absolute Gasteiger partial charge is 0.131 e. The Morgan fingerprint density at radius 3 is 2.32 bits per heavy atom. The van der Waals surface area contributed by atoms with E-state index in [1.807, 2.05) is 30.5 Å². The van der Waals surface area contributed by atoms with Crippen LogP contribution in [0.3, 0.4) is 0 Å². The number of aliphatic hydroxyl groups is 1. The van der Waals surface area contributed by atoms with Gasteiger partial charge in [-0.1, -0.05) is 72.8 Å². The van der Waals surface area contributed by atoms with E-state index in [0.29, 0.717) is 11.8 Å². The average Bonchev–Trinajstić information content (AvgIpc) is 2.96. The molecule has 8 rings (SSSR count). The van der Waals surface area contributed by atoms with Crippen LogP contribution in [0.1, 0.15) is 30.1 Å². The molecule has 3 heteroatoms. The van der Waals surface area contributed by atoms with Crippen molar-refractivity contribution in [3.05, 3.63) is 115 Å². The number of nitrogens with zero attached hydrogens (tertiary/aromatic N) is 2. The molecule has 4 aromatic carbocycles. The Morgan fingerprint density at radius 1 is 0.919 bits per heavy atom. The Hall–Kier alpha value is -3.53. The van der Waals surface area contributed by atoms with Gasteiger partial charge < -0.3 is 9.59 Å². The zero-order valence-corrected chi connectivity index (χ0v) is 21.1. The van der Waals surface area contributed by atoms with Gasteiger partial charge in [0, 0.05) is 35.9 Å². The predicted molar refractivity (Wildman–Crippen MR) is 152 cm³/mol. The number of piperidine rings is 3. The number of aromatic nitrogens is 1. The molecule has 0 spiro atoms. The van der Waals surface area contributed by atoms with Gasteiger partial charge in [-0.15, -0.1) is 6.58 Å². The highest BCUT2D eigenvalue weighted by Gasteiger charge is 2.54. The van der Waals surface area contributed by atoms with Crippen molar-refractivity contribution in [2.24, 2.45) is 11.8 Å². The fourth-order valence-electron chi connectivity index (χ4n) is 7.56. The molecule has 3 saturated heterocycles. The molecule has 0 aliphatic carbocycles. The van der Waals surface area contributed by atoms with Gasteiger partial charge in [0.25, 0.3) is 0 Å². The van der Waals surface area contributed by atoms with E-state index in [2.05, 4.69) is 78.3 Å². The lowest BCUT2D eigenvalue weighted by atomic mass is 9.71. The van der Waals surface area contributed by atoms with E-state index >= 15 is 0 Å². The lowest BCUT2D eigenvalue weighted by Crippen LogP contribution is -2.67. The largest absolute Gasteiger partial charge is 0.382 e. The zero-order valence-electron chi connectivity index (χ0n) is 21.1. The fourth-order valence-corrected chi connectivity index (χ4v) is 7.56. The Labute approximate surface area is 218 Å². The normalized spacial score (nSPS) is 26.0. The maximum atomic E-state index is 12.1. The number of benzene rings is 4. The lowest BCUT2D eigenvalue weighted by molar-refractivity contribution is -0.984. The van der Waals surface area contributed by atoms with Crippen LogP contribution >= 0.6 is 0 Å². The monoisotopic (exact) mass is 485 g/mol. The third-order valence-electron chi connectivity index (χ3n) is 9.40. The molecule has 3 aliphatic heterocycles. The minimum Gasteiger partial charge on any atom is -0.382 e. The molecule has 1 N–H and O–H groups in total. The summed E-state index contributed by atoms with van der Waals surface area (Å²) in [6.07, 6.45) is 5.72. The Morgan fingerprint density at radius 2 is 1.59 bits per heavy atom. The second-order valence-electron chi connectivity index (χ2n) is 11.2. The molecule has 5 aromatic rings. The molecule has 3 fully saturated rings. The summed E-state index contributed by atoms with van der Waals surface area (Å²) in [6, 6.07) is 30.3. The molecule has 2 bridgehead atoms. The highest BCUT2D eigenvalue weighted by atomic mass is 16.3. The van der Waals surface area contributed by atoms with Crippen molar-refractivity contribution < 1.29 is 9.59 Å². The van der Waals surface area contributed by atoms with E-state index in [0.717, 1.165) is 47.0 Å². The molecule has 1 unspecified atom stereocenters. The number of hydrogen-bond donors (Lipinski definition) is 1. The molecule has 1 aromatic heterocycles. The van der Waals surface area contributed by atoms with Crippen molar-refractivity contribution in [3.63, 3.8) is 0 Å². The fraction of sp³-hybridized carbons (Fsp3) is 0.265. The summed E-state index contributed by atoms with van der Waals surface area (Å²) in [5, 5.41) is 18.4. The number of para-hydroxylation sites is 1. The second kappa shape index (κ2) is 8.79. The van der Waals surface area contributed by atoms with E-state index in [9.17, 15) is 5.11 Å². The summed E-state index contributed by atoms with van der Waals surface area (Å²) in [6.45, 7) is 7.28. The third kappa shape index (κ3) is 3.60. The number of quaternary nitrogens is 1. The summed E-state index contributed by atoms with van der Waals surface area (Å²) in [5.41, 5.74) is 3.37. The topological polar surface area (TPSA) is 33.1 Å². The Balaban J connectivity index is 1.39. The van der Waals surface area contributed by atoms with Crippen molar-refractivity contribution in [2.45, 2.75) is 31.5 Å². The van der Waals surface area contributed by atoms with Gasteiger partial charge in [0.15, 0.2) is 0 Å². The third-order valence-corrected chi connectivity index (χ3v) is 9.40. The number of aliphatic hydroxyl groups excluding tert-OH is 1. The quantitative estimate of drug-likeness (QED) is 0.162. The van der Waals surface area contributed by atoms with Crippen molar-refractivity contribution in [1.29, 1.82) is 0 Å². The predicted octanol–water partition coefficient (Wildman–Crippen LogP) is 7.19. The van der Waals surface area contributed by atoms with Gasteiger partial charge >= 0.3 is 0 Å². The molecule has 0 radical (unpaired) electrons. The van der Waals surface area contributed by atoms with Gasteiger partial charge in [0.1, 0.15) is 18.7 Å². The number of hydrogen-bond acceptors (Lipinski definition) is 2. The summed E-state index contributed by atoms with van der Waals surface area (Å²) < 4.78 is 0.906. The summed E-state index contributed by atoms with van der Waals surface area (Å²) >= 11 is 0. The van der Waals surface area contributed by atoms with E-state index in [1.165, 1.54) is 33.5 Å². The molecule has 3 aliphatic rings. The molecular formula is C34H33N2O+. The van der Waals surface area contributed by atoms with Gasteiger partial charge in [0.05, 0.1) is 18.6 Å². The maximum Gasteiger partial charge on any atom is 0.131 e. The van der Waals surface area contributed by atoms with Gasteiger partial charge in [-0.25, -0.2) is 0 Å². The molecule has 0 amide bonds. The van der Waals surface area contributed by atoms with Crippen molar-refractivity contribution in [3.8, 4) is 0 Å². The van der Waals surface area contributed by atoms with Crippen LogP contribution in [0.2, 0.25) is 0 Å². The molecule has 4 heterocycles. The highest BCUT2D eigenvalue weighted by Crippen LogP contribution is 2.49. The van der Waals surface area contributed by atoms with Crippen LogP contribution in [-0.4, -0.2) is 33.7 Å². The first-order chi connectivity index (χ1) is 18.2. The van der Waals surface area contributed by atoms with Crippen LogP contribution in [0, 0.1) is 11.8 Å². The Kier molecular flexibility index (Phi) is 5.38. The van der Waals surface area contributed by atoms with Gasteiger partial charge in [0.2, 0.25) is 0 Å². The molecular weight excluding hydrogens is 452 g/mol. The maximum absolute atomic E-state index is 12.1. The zero-order chi connectivity index (χ0) is 25.0. The first-order valence-electron chi connectivity index (χ1n) is 13.6. The highest BCUT2D eigenvalue weighted by molar-refractivity contribution is 6.02. The van der Waals surface area contributed by atoms with Crippen molar-refractivity contribution in [2.75, 3.05) is 13.1 Å². The molecule has 0 saturated carbocycles. The first kappa shape index (κ1) is 22.7. The lowest BCUT2D eigenvalue weighted by Gasteiger charge is -2.58. The molecule has 184 valence electrons. The van der Waals surface area contributed by atoms with Gasteiger partial charge in [-0.05, 0) is 51.2 Å². The van der Waals surface area contributed by atoms with Crippen LogP contribution < -0.4 is 0 Å². The SMILES string of the molecule is C=C[C@H]1C[N+]2(Cc3c4ccccc4cc4ccccc34)CC[C@H]1C[C@@H]2[C@@H](O)c1ccnc2ccccc12. The number of fused-ring (bicyclic) bond motifs is 6. The second-order valence-corrected chi connectivity index (χ2v) is 11.2.